The lowest BCUT2D eigenvalue weighted by Crippen LogP contribution is -2.36. The molecule has 98 valence electrons. The fraction of sp³-hybridized carbons (Fsp3) is 0.778. The molecule has 0 aromatic heterocycles. The molecule has 0 bridgehead atoms. The first-order chi connectivity index (χ1) is 7.71. The van der Waals surface area contributed by atoms with E-state index in [1.165, 1.54) is 11.9 Å². The number of rotatable bonds is 5. The Hall–Kier alpha value is -1.15. The van der Waals surface area contributed by atoms with Crippen molar-refractivity contribution in [3.8, 4) is 0 Å². The highest BCUT2D eigenvalue weighted by Crippen LogP contribution is 2.17. The Balaban J connectivity index is 2.49. The highest BCUT2D eigenvalue weighted by Gasteiger charge is 2.34. The van der Waals surface area contributed by atoms with E-state index >= 15 is 0 Å². The highest BCUT2D eigenvalue weighted by atomic mass is 32.2. The van der Waals surface area contributed by atoms with Crippen LogP contribution in [0.1, 0.15) is 6.42 Å². The molecule has 1 aliphatic heterocycles. The summed E-state index contributed by atoms with van der Waals surface area (Å²) in [5, 5.41) is 8.77. The molecule has 1 N–H and O–H groups in total. The Morgan fingerprint density at radius 1 is 1.59 bits per heavy atom. The van der Waals surface area contributed by atoms with Gasteiger partial charge >= 0.3 is 5.97 Å². The number of aliphatic carboxylic acids is 1. The summed E-state index contributed by atoms with van der Waals surface area (Å²) in [5.41, 5.74) is 0. The molecule has 0 unspecified atom stereocenters. The van der Waals surface area contributed by atoms with Crippen molar-refractivity contribution in [2.45, 2.75) is 6.42 Å². The minimum atomic E-state index is -3.26. The van der Waals surface area contributed by atoms with Gasteiger partial charge in [-0.1, -0.05) is 0 Å². The summed E-state index contributed by atoms with van der Waals surface area (Å²) < 4.78 is 23.4. The van der Waals surface area contributed by atoms with Gasteiger partial charge in [-0.2, -0.15) is 0 Å². The molecule has 1 fully saturated rings. The predicted molar refractivity (Wildman–Crippen MR) is 59.8 cm³/mol. The lowest BCUT2D eigenvalue weighted by Gasteiger charge is -2.20. The second kappa shape index (κ2) is 5.01. The molecule has 1 atom stereocenters. The van der Waals surface area contributed by atoms with Crippen molar-refractivity contribution >= 4 is 21.9 Å². The zero-order valence-electron chi connectivity index (χ0n) is 9.79. The van der Waals surface area contributed by atoms with E-state index in [4.69, 9.17) is 5.11 Å². The molecule has 1 amide bonds. The molecule has 0 radical (unpaired) electrons. The lowest BCUT2D eigenvalue weighted by molar-refractivity contribution is -0.141. The van der Waals surface area contributed by atoms with Crippen LogP contribution < -0.4 is 0 Å². The number of nitrogens with zero attached hydrogens (tertiary/aromatic N) is 2. The van der Waals surface area contributed by atoms with E-state index in [1.807, 2.05) is 0 Å². The van der Waals surface area contributed by atoms with Crippen LogP contribution in [-0.2, 0) is 19.6 Å². The van der Waals surface area contributed by atoms with Crippen LogP contribution in [0.5, 0.6) is 0 Å². The van der Waals surface area contributed by atoms with Crippen molar-refractivity contribution in [1.82, 2.24) is 9.21 Å². The van der Waals surface area contributed by atoms with E-state index in [-0.39, 0.29) is 32.0 Å². The van der Waals surface area contributed by atoms with Crippen LogP contribution >= 0.6 is 0 Å². The van der Waals surface area contributed by atoms with Crippen molar-refractivity contribution in [3.63, 3.8) is 0 Å². The average molecular weight is 264 g/mol. The van der Waals surface area contributed by atoms with Gasteiger partial charge in [0.1, 0.15) is 0 Å². The largest absolute Gasteiger partial charge is 0.481 e. The number of likely N-dealkylation sites (N-methyl/N-ethyl adjacent to an activating group) is 1. The zero-order valence-corrected chi connectivity index (χ0v) is 10.6. The second-order valence-corrected chi connectivity index (χ2v) is 6.25. The number of hydrogen-bond acceptors (Lipinski definition) is 4. The summed E-state index contributed by atoms with van der Waals surface area (Å²) in [5.74, 6) is -1.90. The number of carbonyl (C=O) groups excluding carboxylic acids is 1. The Bertz CT molecular complexity index is 419. The summed E-state index contributed by atoms with van der Waals surface area (Å²) in [6.45, 7) is 0.564. The van der Waals surface area contributed by atoms with Gasteiger partial charge in [-0.15, -0.1) is 0 Å². The Morgan fingerprint density at radius 3 is 2.59 bits per heavy atom. The molecule has 0 spiro atoms. The Labute approximate surface area is 100 Å². The molecule has 1 heterocycles. The molecule has 7 nitrogen and oxygen atoms in total. The first kappa shape index (κ1) is 13.9. The van der Waals surface area contributed by atoms with E-state index in [1.54, 1.807) is 0 Å². The van der Waals surface area contributed by atoms with Gasteiger partial charge in [-0.25, -0.2) is 12.7 Å². The molecule has 0 saturated carbocycles. The van der Waals surface area contributed by atoms with Gasteiger partial charge in [0.2, 0.25) is 15.9 Å². The Kier molecular flexibility index (Phi) is 4.10. The van der Waals surface area contributed by atoms with Crippen molar-refractivity contribution in [2.75, 3.05) is 32.9 Å². The van der Waals surface area contributed by atoms with Crippen molar-refractivity contribution in [3.05, 3.63) is 0 Å². The van der Waals surface area contributed by atoms with Crippen LogP contribution in [0.15, 0.2) is 0 Å². The van der Waals surface area contributed by atoms with E-state index in [2.05, 4.69) is 0 Å². The minimum absolute atomic E-state index is 0.00206. The molecule has 8 heteroatoms. The van der Waals surface area contributed by atoms with Gasteiger partial charge in [0, 0.05) is 33.1 Å². The van der Waals surface area contributed by atoms with Crippen LogP contribution in [-0.4, -0.2) is 67.5 Å². The van der Waals surface area contributed by atoms with Gasteiger partial charge < -0.3 is 10.0 Å². The van der Waals surface area contributed by atoms with Crippen LogP contribution in [0.25, 0.3) is 0 Å². The van der Waals surface area contributed by atoms with Crippen molar-refractivity contribution in [1.29, 1.82) is 0 Å². The van der Waals surface area contributed by atoms with E-state index in [9.17, 15) is 18.0 Å². The average Bonchev–Trinajstić information content (AvgIpc) is 2.55. The maximum absolute atomic E-state index is 11.4. The topological polar surface area (TPSA) is 95.0 Å². The van der Waals surface area contributed by atoms with Crippen LogP contribution in [0.3, 0.4) is 0 Å². The van der Waals surface area contributed by atoms with Crippen LogP contribution in [0.2, 0.25) is 0 Å². The monoisotopic (exact) mass is 264 g/mol. The summed E-state index contributed by atoms with van der Waals surface area (Å²) in [7, 11) is -1.84. The van der Waals surface area contributed by atoms with E-state index in [0.717, 1.165) is 10.6 Å². The third-order valence-electron chi connectivity index (χ3n) is 2.81. The molecule has 0 aromatic carbocycles. The van der Waals surface area contributed by atoms with Crippen LogP contribution in [0, 0.1) is 5.92 Å². The zero-order chi connectivity index (χ0) is 13.2. The number of sulfonamides is 1. The van der Waals surface area contributed by atoms with Gasteiger partial charge in [-0.3, -0.25) is 9.59 Å². The number of carboxylic acids is 1. The molecular weight excluding hydrogens is 248 g/mol. The van der Waals surface area contributed by atoms with Gasteiger partial charge in [-0.05, 0) is 0 Å². The molecule has 17 heavy (non-hydrogen) atoms. The van der Waals surface area contributed by atoms with Crippen molar-refractivity contribution in [2.24, 2.45) is 5.92 Å². The molecule has 1 rings (SSSR count). The smallest absolute Gasteiger partial charge is 0.308 e. The summed E-state index contributed by atoms with van der Waals surface area (Å²) in [6.07, 6.45) is 1.08. The lowest BCUT2D eigenvalue weighted by atomic mass is 10.1. The predicted octanol–water partition coefficient (Wildman–Crippen LogP) is -1.19. The number of amides is 1. The second-order valence-electron chi connectivity index (χ2n) is 4.16. The Morgan fingerprint density at radius 2 is 2.18 bits per heavy atom. The quantitative estimate of drug-likeness (QED) is 0.673. The number of likely N-dealkylation sites (tertiary alicyclic amines) is 1. The van der Waals surface area contributed by atoms with Crippen LogP contribution in [0.4, 0.5) is 0 Å². The molecular formula is C9H16N2O5S. The van der Waals surface area contributed by atoms with Crippen molar-refractivity contribution < 1.29 is 23.1 Å². The molecule has 0 aromatic rings. The molecule has 1 aliphatic rings. The summed E-state index contributed by atoms with van der Waals surface area (Å²) >= 11 is 0. The standard InChI is InChI=1S/C9H16N2O5S/c1-10(17(2,15)16)3-4-11-6-7(9(13)14)5-8(11)12/h7H,3-6H2,1-2H3,(H,13,14)/t7-/m0/s1. The molecule has 1 saturated heterocycles. The normalized spacial score (nSPS) is 21.2. The number of carbonyl (C=O) groups is 2. The minimum Gasteiger partial charge on any atom is -0.481 e. The fourth-order valence-corrected chi connectivity index (χ4v) is 1.99. The first-order valence-electron chi connectivity index (χ1n) is 5.13. The fourth-order valence-electron chi connectivity index (χ4n) is 1.58. The summed E-state index contributed by atoms with van der Waals surface area (Å²) in [4.78, 5) is 23.5. The maximum atomic E-state index is 11.4. The summed E-state index contributed by atoms with van der Waals surface area (Å²) in [6, 6.07) is 0. The van der Waals surface area contributed by atoms with E-state index in [0.29, 0.717) is 0 Å². The van der Waals surface area contributed by atoms with E-state index < -0.39 is 21.9 Å². The third kappa shape index (κ3) is 3.67. The number of carboxylic acid groups (broad SMARTS) is 1. The van der Waals surface area contributed by atoms with Gasteiger partial charge in [0.15, 0.2) is 0 Å². The number of hydrogen-bond donors (Lipinski definition) is 1. The first-order valence-corrected chi connectivity index (χ1v) is 6.98. The van der Waals surface area contributed by atoms with Gasteiger partial charge in [0.25, 0.3) is 0 Å². The third-order valence-corrected chi connectivity index (χ3v) is 4.13. The molecule has 0 aliphatic carbocycles. The SMILES string of the molecule is CN(CCN1C[C@@H](C(=O)O)CC1=O)S(C)(=O)=O. The highest BCUT2D eigenvalue weighted by molar-refractivity contribution is 7.88. The maximum Gasteiger partial charge on any atom is 0.308 e. The van der Waals surface area contributed by atoms with Gasteiger partial charge in [0.05, 0.1) is 12.2 Å².